The van der Waals surface area contributed by atoms with Crippen LogP contribution in [0.25, 0.3) is 31.3 Å². The van der Waals surface area contributed by atoms with Crippen LogP contribution in [0, 0.1) is 69.1 Å². The van der Waals surface area contributed by atoms with E-state index in [9.17, 15) is 4.79 Å². The van der Waals surface area contributed by atoms with Crippen molar-refractivity contribution in [3.8, 4) is 0 Å². The number of rotatable bonds is 1. The van der Waals surface area contributed by atoms with Gasteiger partial charge in [0, 0.05) is 80.9 Å². The fourth-order valence-electron chi connectivity index (χ4n) is 13.8. The molecule has 5 aromatic carbocycles. The van der Waals surface area contributed by atoms with Gasteiger partial charge in [0.05, 0.1) is 0 Å². The number of aryl methyl sites for hydroxylation is 8. The van der Waals surface area contributed by atoms with Gasteiger partial charge in [0.2, 0.25) is 0 Å². The second-order valence-electron chi connectivity index (χ2n) is 27.1. The first-order chi connectivity index (χ1) is 42.1. The second-order valence-corrected chi connectivity index (χ2v) is 29.5. The number of para-hydroxylation sites is 1. The van der Waals surface area contributed by atoms with Gasteiger partial charge >= 0.3 is 69.6 Å². The van der Waals surface area contributed by atoms with Crippen LogP contribution in [0.4, 0.5) is 0 Å². The van der Waals surface area contributed by atoms with Crippen LogP contribution in [-0.2, 0) is 21.1 Å². The summed E-state index contributed by atoms with van der Waals surface area (Å²) in [5, 5.41) is 4.88. The Kier molecular flexibility index (Phi) is 28.7. The van der Waals surface area contributed by atoms with Gasteiger partial charge in [-0.1, -0.05) is 142 Å². The van der Waals surface area contributed by atoms with Crippen molar-refractivity contribution in [3.05, 3.63) is 220 Å². The molecule has 0 unspecified atom stereocenters. The van der Waals surface area contributed by atoms with Crippen LogP contribution < -0.4 is 5.56 Å². The minimum atomic E-state index is 0.167. The number of allylic oxidation sites excluding steroid dienone is 1. The molecule has 0 radical (unpaired) electrons. The maximum atomic E-state index is 11.3. The number of pyridine rings is 1. The summed E-state index contributed by atoms with van der Waals surface area (Å²) in [5.74, 6) is 4.20. The average molecular weight is 1250 g/mol. The molecule has 8 nitrogen and oxygen atoms in total. The fraction of sp³-hybridized carbons (Fsp3) is 0.456. The molecule has 1 atom stereocenters. The molecule has 4 aliphatic carbocycles. The standard InChI is InChI=1S/C12H20.C11H10.C10H11N.C8H7NOSe.C8H17N.C7H8.C6H13N.C6H9N.C6H7N.C5H7N/c1-11-4-9-3-10(5-11)7-12(2,6-9)8-11;1-9-6-7-10-4-2-3-5-11(10)8-9;1-8-7-11(2)10-6-4-3-5-9(8)10;1-9-8(10)6-4-2-3-5-7(6)11-9;1-3-8-4-6-9(2)7-5-8;1-7-5-3-2-4-6-7;2*1-6-3-4-7(2)5-6;1-6-4-2-3-5-7-6;1-5-2-3-6-4-5/h9-10H,3-8H2,1-2H3;2-8H,1H3;3-7H,1-2H3;2-5H,1H3;8H,3-7H2,1-2H3;2-6H,1H3;6H,3-5H2,1-2H3;3-5H,1-2H3;2-5H,1H3;3-4H,2H2,1H3/t;;;;;;6-;;;/m......1.../s1. The van der Waals surface area contributed by atoms with E-state index in [1.807, 2.05) is 105 Å². The molecule has 7 heterocycles. The van der Waals surface area contributed by atoms with E-state index in [4.69, 9.17) is 0 Å². The van der Waals surface area contributed by atoms with Gasteiger partial charge < -0.3 is 18.9 Å². The van der Waals surface area contributed by atoms with Crippen molar-refractivity contribution in [2.45, 2.75) is 140 Å². The van der Waals surface area contributed by atoms with Gasteiger partial charge in [-0.15, -0.1) is 0 Å². The number of aromatic nitrogens is 4. The number of fused-ring (bicyclic) bond motifs is 3. The Balaban J connectivity index is 0.000000157. The molecule has 4 saturated carbocycles. The van der Waals surface area contributed by atoms with Gasteiger partial charge in [-0.3, -0.25) is 9.98 Å². The first-order valence-electron chi connectivity index (χ1n) is 32.6. The van der Waals surface area contributed by atoms with Crippen LogP contribution in [0.15, 0.2) is 192 Å². The third-order valence-corrected chi connectivity index (χ3v) is 20.0. The molecule has 4 bridgehead atoms. The predicted octanol–water partition coefficient (Wildman–Crippen LogP) is 18.6. The van der Waals surface area contributed by atoms with Gasteiger partial charge in [0.15, 0.2) is 0 Å². The van der Waals surface area contributed by atoms with Crippen molar-refractivity contribution in [1.82, 2.24) is 27.5 Å². The summed E-state index contributed by atoms with van der Waals surface area (Å²) in [6, 6.07) is 49.4. The molecule has 4 aromatic heterocycles. The Hall–Kier alpha value is -6.35. The molecule has 7 aliphatic rings. The van der Waals surface area contributed by atoms with Crippen molar-refractivity contribution in [1.29, 1.82) is 0 Å². The van der Waals surface area contributed by atoms with Gasteiger partial charge in [-0.05, 0) is 219 Å². The van der Waals surface area contributed by atoms with E-state index in [2.05, 4.69) is 205 Å². The molecule has 16 rings (SSSR count). The zero-order valence-electron chi connectivity index (χ0n) is 56.7. The van der Waals surface area contributed by atoms with E-state index in [1.54, 1.807) is 41.9 Å². The summed E-state index contributed by atoms with van der Waals surface area (Å²) in [4.78, 5) is 24.0. The number of benzene rings is 5. The van der Waals surface area contributed by atoms with E-state index in [0.29, 0.717) is 0 Å². The third-order valence-electron chi connectivity index (χ3n) is 17.9. The summed E-state index contributed by atoms with van der Waals surface area (Å²) in [7, 11) is 10.3. The molecule has 9 heteroatoms. The van der Waals surface area contributed by atoms with Crippen molar-refractivity contribution in [2.75, 3.05) is 40.3 Å². The Morgan fingerprint density at radius 2 is 1.20 bits per heavy atom. The van der Waals surface area contributed by atoms with Crippen LogP contribution >= 0.6 is 0 Å². The molecular weight excluding hydrogens is 1140 g/mol. The summed E-state index contributed by atoms with van der Waals surface area (Å²) < 4.78 is 7.19. The number of nitrogens with zero attached hydrogens (tertiary/aromatic N) is 7. The molecule has 0 amide bonds. The zero-order chi connectivity index (χ0) is 63.6. The minimum absolute atomic E-state index is 0.167. The fourth-order valence-corrected chi connectivity index (χ4v) is 15.7. The molecule has 2 saturated heterocycles. The monoisotopic (exact) mass is 1250 g/mol. The Morgan fingerprint density at radius 3 is 1.65 bits per heavy atom. The molecule has 0 spiro atoms. The van der Waals surface area contributed by atoms with E-state index in [0.717, 1.165) is 52.0 Å². The number of aliphatic imine (C=N–C) groups is 1. The molecule has 6 fully saturated rings. The Morgan fingerprint density at radius 1 is 0.602 bits per heavy atom. The molecular formula is C79H109N7OSe. The van der Waals surface area contributed by atoms with Crippen molar-refractivity contribution >= 4 is 52.3 Å². The predicted molar refractivity (Wildman–Crippen MR) is 382 cm³/mol. The quantitative estimate of drug-likeness (QED) is 0.154. The van der Waals surface area contributed by atoms with Crippen LogP contribution in [-0.4, -0.2) is 88.7 Å². The first kappa shape index (κ1) is 70.7. The van der Waals surface area contributed by atoms with E-state index in [-0.39, 0.29) is 20.3 Å². The van der Waals surface area contributed by atoms with Gasteiger partial charge in [-0.2, -0.15) is 0 Å². The maximum absolute atomic E-state index is 11.3. The molecule has 3 aliphatic heterocycles. The van der Waals surface area contributed by atoms with Gasteiger partial charge in [0.1, 0.15) is 0 Å². The molecule has 9 aromatic rings. The molecule has 88 heavy (non-hydrogen) atoms. The topological polar surface area (TPSA) is 63.6 Å². The van der Waals surface area contributed by atoms with Crippen molar-refractivity contribution < 1.29 is 0 Å². The summed E-state index contributed by atoms with van der Waals surface area (Å²) in [5.41, 5.74) is 10.7. The molecule has 0 N–H and O–H groups in total. The SMILES string of the molecule is CC12CC3CC(C1)CC(C)(C3)C2.CC1=CN=CC1.CCC1CCN(C)CC1.C[C@@H]1CCN(C)C1.Cc1ccc2ccccc2c1.Cc1ccccc1.Cc1ccccn1.Cc1ccn(C)c1.Cc1cn(C)c2ccccc12.Cn1[se]c2ccccc2c1=O. The summed E-state index contributed by atoms with van der Waals surface area (Å²) >= 11 is 0.216. The zero-order valence-corrected chi connectivity index (χ0v) is 58.4. The van der Waals surface area contributed by atoms with E-state index < -0.39 is 0 Å². The number of piperidine rings is 1. The van der Waals surface area contributed by atoms with Crippen LogP contribution in [0.2, 0.25) is 0 Å². The van der Waals surface area contributed by atoms with Gasteiger partial charge in [-0.25, -0.2) is 0 Å². The number of likely N-dealkylation sites (tertiary alicyclic amines) is 2. The van der Waals surface area contributed by atoms with E-state index >= 15 is 0 Å². The number of hydrogen-bond donors (Lipinski definition) is 0. The first-order valence-corrected chi connectivity index (χ1v) is 34.3. The summed E-state index contributed by atoms with van der Waals surface area (Å²) in [6.07, 6.45) is 27.9. The van der Waals surface area contributed by atoms with Crippen molar-refractivity contribution in [2.24, 2.45) is 60.6 Å². The Bertz CT molecular complexity index is 3430. The van der Waals surface area contributed by atoms with Crippen LogP contribution in [0.5, 0.6) is 0 Å². The molecule has 472 valence electrons. The Labute approximate surface area is 537 Å². The van der Waals surface area contributed by atoms with Crippen molar-refractivity contribution in [3.63, 3.8) is 0 Å². The summed E-state index contributed by atoms with van der Waals surface area (Å²) in [6.45, 7) is 27.4. The average Bonchev–Trinajstić information content (AvgIpc) is 3.12. The van der Waals surface area contributed by atoms with Gasteiger partial charge in [0.25, 0.3) is 0 Å². The third kappa shape index (κ3) is 24.2. The van der Waals surface area contributed by atoms with E-state index in [1.165, 1.54) is 112 Å². The number of hydrogen-bond acceptors (Lipinski definition) is 5. The van der Waals surface area contributed by atoms with Crippen LogP contribution in [0.1, 0.15) is 133 Å². The second kappa shape index (κ2) is 35.7. The van der Waals surface area contributed by atoms with Crippen LogP contribution in [0.3, 0.4) is 0 Å². The normalized spacial score (nSPS) is 21.1.